The predicted octanol–water partition coefficient (Wildman–Crippen LogP) is 4.58. The molecule has 3 rings (SSSR count). The first-order valence-corrected chi connectivity index (χ1v) is 14.6. The number of hydrogen-bond acceptors (Lipinski definition) is 4. The molecule has 0 fully saturated rings. The average Bonchev–Trinajstić information content (AvgIpc) is 2.86. The third kappa shape index (κ3) is 8.33. The SMILES string of the molecule is Cc1ccc(CN(C(=O)CN(c2ccc(Cl)cc2)S(C)(=O)=O)[C@H](Cc2ccccc2)C(=O)NC(C)C)cc1. The molecule has 0 aliphatic heterocycles. The van der Waals surface area contributed by atoms with Gasteiger partial charge in [-0.25, -0.2) is 8.42 Å². The van der Waals surface area contributed by atoms with Gasteiger partial charge in [-0.05, 0) is 56.2 Å². The largest absolute Gasteiger partial charge is 0.352 e. The summed E-state index contributed by atoms with van der Waals surface area (Å²) in [6.07, 6.45) is 1.32. The Bertz CT molecular complexity index is 1330. The number of amides is 2. The lowest BCUT2D eigenvalue weighted by Crippen LogP contribution is -2.54. The van der Waals surface area contributed by atoms with Crippen molar-refractivity contribution in [1.29, 1.82) is 0 Å². The maximum absolute atomic E-state index is 13.9. The molecule has 0 saturated carbocycles. The normalized spacial score (nSPS) is 12.2. The highest BCUT2D eigenvalue weighted by atomic mass is 35.5. The summed E-state index contributed by atoms with van der Waals surface area (Å²) in [6, 6.07) is 22.4. The highest BCUT2D eigenvalue weighted by molar-refractivity contribution is 7.92. The standard InChI is InChI=1S/C29H34ClN3O4S/c1-21(2)31-29(35)27(18-23-8-6-5-7-9-23)32(19-24-12-10-22(3)11-13-24)28(34)20-33(38(4,36)37)26-16-14-25(30)15-17-26/h5-17,21,27H,18-20H2,1-4H3,(H,31,35)/t27-/m1/s1. The van der Waals surface area contributed by atoms with E-state index >= 15 is 0 Å². The lowest BCUT2D eigenvalue weighted by molar-refractivity contribution is -0.140. The monoisotopic (exact) mass is 555 g/mol. The molecule has 0 unspecified atom stereocenters. The van der Waals surface area contributed by atoms with E-state index in [9.17, 15) is 18.0 Å². The van der Waals surface area contributed by atoms with Gasteiger partial charge in [0.2, 0.25) is 21.8 Å². The van der Waals surface area contributed by atoms with Crippen molar-refractivity contribution in [2.24, 2.45) is 0 Å². The Kier molecular flexibility index (Phi) is 9.94. The second-order valence-corrected chi connectivity index (χ2v) is 12.0. The Balaban J connectivity index is 2.04. The third-order valence-electron chi connectivity index (χ3n) is 5.97. The molecule has 202 valence electrons. The van der Waals surface area contributed by atoms with E-state index in [1.165, 1.54) is 4.90 Å². The molecule has 0 heterocycles. The minimum absolute atomic E-state index is 0.139. The van der Waals surface area contributed by atoms with Gasteiger partial charge in [-0.2, -0.15) is 0 Å². The van der Waals surface area contributed by atoms with Crippen LogP contribution in [0.4, 0.5) is 5.69 Å². The van der Waals surface area contributed by atoms with Crippen LogP contribution in [-0.4, -0.2) is 50.0 Å². The molecular formula is C29H34ClN3O4S. The van der Waals surface area contributed by atoms with Crippen LogP contribution in [0.25, 0.3) is 0 Å². The number of sulfonamides is 1. The zero-order valence-electron chi connectivity index (χ0n) is 22.1. The van der Waals surface area contributed by atoms with Crippen LogP contribution in [0.3, 0.4) is 0 Å². The van der Waals surface area contributed by atoms with Crippen molar-refractivity contribution in [3.8, 4) is 0 Å². The molecule has 0 bridgehead atoms. The molecule has 2 amide bonds. The number of carbonyl (C=O) groups is 2. The summed E-state index contributed by atoms with van der Waals surface area (Å²) >= 11 is 6.00. The summed E-state index contributed by atoms with van der Waals surface area (Å²) in [7, 11) is -3.82. The van der Waals surface area contributed by atoms with Gasteiger partial charge in [0.25, 0.3) is 0 Å². The van der Waals surface area contributed by atoms with Crippen molar-refractivity contribution in [2.75, 3.05) is 17.1 Å². The summed E-state index contributed by atoms with van der Waals surface area (Å²) in [5, 5.41) is 3.38. The molecule has 0 saturated heterocycles. The summed E-state index contributed by atoms with van der Waals surface area (Å²) in [6.45, 7) is 5.36. The molecule has 0 aliphatic carbocycles. The second kappa shape index (κ2) is 12.9. The van der Waals surface area contributed by atoms with Gasteiger partial charge in [0.1, 0.15) is 12.6 Å². The fourth-order valence-electron chi connectivity index (χ4n) is 4.05. The van der Waals surface area contributed by atoms with Crippen molar-refractivity contribution in [1.82, 2.24) is 10.2 Å². The molecule has 0 aromatic heterocycles. The van der Waals surface area contributed by atoms with E-state index in [2.05, 4.69) is 5.32 Å². The van der Waals surface area contributed by atoms with Gasteiger partial charge in [0.05, 0.1) is 11.9 Å². The number of carbonyl (C=O) groups excluding carboxylic acids is 2. The van der Waals surface area contributed by atoms with Crippen LogP contribution in [0.1, 0.15) is 30.5 Å². The van der Waals surface area contributed by atoms with Gasteiger partial charge < -0.3 is 10.2 Å². The molecule has 3 aromatic carbocycles. The smallest absolute Gasteiger partial charge is 0.244 e. The quantitative estimate of drug-likeness (QED) is 0.375. The van der Waals surface area contributed by atoms with Crippen LogP contribution >= 0.6 is 11.6 Å². The van der Waals surface area contributed by atoms with Crippen LogP contribution < -0.4 is 9.62 Å². The summed E-state index contributed by atoms with van der Waals surface area (Å²) in [4.78, 5) is 28.9. The molecule has 0 radical (unpaired) electrons. The van der Waals surface area contributed by atoms with Crippen molar-refractivity contribution in [3.05, 3.63) is 101 Å². The van der Waals surface area contributed by atoms with Crippen molar-refractivity contribution in [2.45, 2.75) is 45.8 Å². The molecule has 0 aliphatic rings. The van der Waals surface area contributed by atoms with Gasteiger partial charge >= 0.3 is 0 Å². The van der Waals surface area contributed by atoms with Crippen molar-refractivity contribution < 1.29 is 18.0 Å². The van der Waals surface area contributed by atoms with Crippen LogP contribution in [0.2, 0.25) is 5.02 Å². The summed E-state index contributed by atoms with van der Waals surface area (Å²) in [5.41, 5.74) is 3.09. The lowest BCUT2D eigenvalue weighted by atomic mass is 10.0. The van der Waals surface area contributed by atoms with Gasteiger partial charge in [0.15, 0.2) is 0 Å². The number of aryl methyl sites for hydroxylation is 1. The zero-order valence-corrected chi connectivity index (χ0v) is 23.7. The van der Waals surface area contributed by atoms with Crippen LogP contribution in [0, 0.1) is 6.92 Å². The van der Waals surface area contributed by atoms with Crippen molar-refractivity contribution >= 4 is 39.1 Å². The fraction of sp³-hybridized carbons (Fsp3) is 0.310. The van der Waals surface area contributed by atoms with Gasteiger partial charge in [-0.3, -0.25) is 13.9 Å². The van der Waals surface area contributed by atoms with Gasteiger partial charge in [-0.15, -0.1) is 0 Å². The molecule has 1 atom stereocenters. The number of rotatable bonds is 11. The van der Waals surface area contributed by atoms with E-state index in [1.807, 2.05) is 75.4 Å². The van der Waals surface area contributed by atoms with Crippen LogP contribution in [0.5, 0.6) is 0 Å². The Morgan fingerprint density at radius 2 is 1.50 bits per heavy atom. The maximum Gasteiger partial charge on any atom is 0.244 e. The Labute approximate surface area is 230 Å². The topological polar surface area (TPSA) is 86.8 Å². The van der Waals surface area contributed by atoms with E-state index in [0.29, 0.717) is 10.7 Å². The molecule has 38 heavy (non-hydrogen) atoms. The summed E-state index contributed by atoms with van der Waals surface area (Å²) in [5.74, 6) is -0.799. The number of hydrogen-bond donors (Lipinski definition) is 1. The molecule has 9 heteroatoms. The van der Waals surface area contributed by atoms with E-state index in [4.69, 9.17) is 11.6 Å². The Morgan fingerprint density at radius 3 is 2.05 bits per heavy atom. The molecule has 1 N–H and O–H groups in total. The first-order valence-electron chi connectivity index (χ1n) is 12.4. The molecule has 3 aromatic rings. The first kappa shape index (κ1) is 29.2. The Morgan fingerprint density at radius 1 is 0.895 bits per heavy atom. The number of benzene rings is 3. The molecular weight excluding hydrogens is 522 g/mol. The molecule has 7 nitrogen and oxygen atoms in total. The number of anilines is 1. The zero-order chi connectivity index (χ0) is 27.9. The number of halogens is 1. The minimum Gasteiger partial charge on any atom is -0.352 e. The second-order valence-electron chi connectivity index (χ2n) is 9.62. The highest BCUT2D eigenvalue weighted by Gasteiger charge is 2.33. The van der Waals surface area contributed by atoms with Crippen molar-refractivity contribution in [3.63, 3.8) is 0 Å². The van der Waals surface area contributed by atoms with E-state index < -0.39 is 28.5 Å². The number of nitrogens with zero attached hydrogens (tertiary/aromatic N) is 2. The Hall–Kier alpha value is -3.36. The first-order chi connectivity index (χ1) is 17.9. The van der Waals surface area contributed by atoms with Crippen LogP contribution in [-0.2, 0) is 32.6 Å². The van der Waals surface area contributed by atoms with E-state index in [0.717, 1.165) is 27.3 Å². The lowest BCUT2D eigenvalue weighted by Gasteiger charge is -2.34. The fourth-order valence-corrected chi connectivity index (χ4v) is 5.02. The third-order valence-corrected chi connectivity index (χ3v) is 7.36. The van der Waals surface area contributed by atoms with Gasteiger partial charge in [0, 0.05) is 24.0 Å². The van der Waals surface area contributed by atoms with E-state index in [-0.39, 0.29) is 24.9 Å². The van der Waals surface area contributed by atoms with E-state index in [1.54, 1.807) is 24.3 Å². The predicted molar refractivity (Wildman–Crippen MR) is 153 cm³/mol. The highest BCUT2D eigenvalue weighted by Crippen LogP contribution is 2.22. The van der Waals surface area contributed by atoms with Crippen LogP contribution in [0.15, 0.2) is 78.9 Å². The number of nitrogens with one attached hydrogen (secondary N) is 1. The average molecular weight is 556 g/mol. The maximum atomic E-state index is 13.9. The molecule has 0 spiro atoms. The minimum atomic E-state index is -3.82. The van der Waals surface area contributed by atoms with Gasteiger partial charge in [-0.1, -0.05) is 71.8 Å². The summed E-state index contributed by atoms with van der Waals surface area (Å²) < 4.78 is 26.5.